The van der Waals surface area contributed by atoms with Crippen LogP contribution < -0.4 is 5.32 Å². The van der Waals surface area contributed by atoms with Crippen molar-refractivity contribution in [2.75, 3.05) is 0 Å². The van der Waals surface area contributed by atoms with Crippen molar-refractivity contribution in [2.45, 2.75) is 56.8 Å². The minimum Gasteiger partial charge on any atom is -0.392 e. The Labute approximate surface area is 183 Å². The summed E-state index contributed by atoms with van der Waals surface area (Å²) >= 11 is 0. The maximum absolute atomic E-state index is 12.9. The summed E-state index contributed by atoms with van der Waals surface area (Å²) in [6.07, 6.45) is -1.96. The molecule has 4 rings (SSSR count). The van der Waals surface area contributed by atoms with Crippen molar-refractivity contribution in [1.29, 1.82) is 0 Å². The fraction of sp³-hybridized carbons (Fsp3) is 0.391. The zero-order chi connectivity index (χ0) is 22.9. The van der Waals surface area contributed by atoms with E-state index in [-0.39, 0.29) is 25.1 Å². The second kappa shape index (κ2) is 8.65. The summed E-state index contributed by atoms with van der Waals surface area (Å²) in [6.45, 7) is 2.42. The van der Waals surface area contributed by atoms with Crippen molar-refractivity contribution in [1.82, 2.24) is 20.3 Å². The van der Waals surface area contributed by atoms with E-state index in [0.717, 1.165) is 23.3 Å². The molecule has 32 heavy (non-hydrogen) atoms. The minimum atomic E-state index is -4.41. The highest BCUT2D eigenvalue weighted by atomic mass is 19.4. The van der Waals surface area contributed by atoms with Crippen LogP contribution in [0.25, 0.3) is 0 Å². The molecule has 0 amide bonds. The third-order valence-corrected chi connectivity index (χ3v) is 5.88. The summed E-state index contributed by atoms with van der Waals surface area (Å²) in [7, 11) is 0. The molecule has 170 valence electrons. The number of nitrogens with zero attached hydrogens (tertiary/aromatic N) is 3. The molecule has 3 N–H and O–H groups in total. The van der Waals surface area contributed by atoms with Gasteiger partial charge in [0.2, 0.25) is 0 Å². The first-order valence-corrected chi connectivity index (χ1v) is 10.4. The molecule has 1 fully saturated rings. The van der Waals surface area contributed by atoms with Gasteiger partial charge in [0.25, 0.3) is 0 Å². The molecule has 3 aromatic rings. The van der Waals surface area contributed by atoms with Crippen LogP contribution in [-0.4, -0.2) is 31.2 Å². The van der Waals surface area contributed by atoms with Crippen molar-refractivity contribution in [3.63, 3.8) is 0 Å². The van der Waals surface area contributed by atoms with Crippen molar-refractivity contribution >= 4 is 0 Å². The molecule has 9 heteroatoms. The lowest BCUT2D eigenvalue weighted by Gasteiger charge is -2.40. The number of aliphatic hydroxyl groups excluding tert-OH is 1. The second-order valence-corrected chi connectivity index (χ2v) is 8.45. The topological polar surface area (TPSA) is 83.2 Å². The molecular formula is C23H25F3N4O2. The van der Waals surface area contributed by atoms with E-state index in [1.807, 2.05) is 37.4 Å². The Hall–Kier alpha value is -2.75. The molecule has 0 bridgehead atoms. The molecule has 1 saturated heterocycles. The van der Waals surface area contributed by atoms with Crippen LogP contribution in [0.3, 0.4) is 0 Å². The van der Waals surface area contributed by atoms with Crippen molar-refractivity contribution in [3.05, 3.63) is 82.7 Å². The molecule has 0 radical (unpaired) electrons. The molecule has 3 atom stereocenters. The quantitative estimate of drug-likeness (QED) is 0.559. The van der Waals surface area contributed by atoms with E-state index in [4.69, 9.17) is 5.11 Å². The summed E-state index contributed by atoms with van der Waals surface area (Å²) < 4.78 is 40.4. The van der Waals surface area contributed by atoms with Gasteiger partial charge in [-0.3, -0.25) is 0 Å². The van der Waals surface area contributed by atoms with Crippen molar-refractivity contribution < 1.29 is 23.4 Å². The molecule has 0 spiro atoms. The lowest BCUT2D eigenvalue weighted by atomic mass is 9.78. The van der Waals surface area contributed by atoms with Gasteiger partial charge in [-0.2, -0.15) is 13.2 Å². The van der Waals surface area contributed by atoms with E-state index in [1.54, 1.807) is 4.68 Å². The van der Waals surface area contributed by atoms with Gasteiger partial charge in [-0.25, -0.2) is 4.68 Å². The Morgan fingerprint density at radius 1 is 1.06 bits per heavy atom. The van der Waals surface area contributed by atoms with Gasteiger partial charge < -0.3 is 15.5 Å². The largest absolute Gasteiger partial charge is 0.416 e. The molecule has 2 aromatic carbocycles. The van der Waals surface area contributed by atoms with Crippen LogP contribution in [0.2, 0.25) is 0 Å². The van der Waals surface area contributed by atoms with E-state index in [0.29, 0.717) is 24.2 Å². The first kappa shape index (κ1) is 22.4. The van der Waals surface area contributed by atoms with Gasteiger partial charge in [0.15, 0.2) is 0 Å². The molecule has 0 saturated carbocycles. The molecule has 1 aromatic heterocycles. The van der Waals surface area contributed by atoms with Crippen LogP contribution in [0.5, 0.6) is 0 Å². The second-order valence-electron chi connectivity index (χ2n) is 8.45. The monoisotopic (exact) mass is 446 g/mol. The average Bonchev–Trinajstić information content (AvgIpc) is 3.22. The fourth-order valence-electron chi connectivity index (χ4n) is 4.27. The summed E-state index contributed by atoms with van der Waals surface area (Å²) in [4.78, 5) is 0. The Morgan fingerprint density at radius 2 is 1.72 bits per heavy atom. The van der Waals surface area contributed by atoms with Gasteiger partial charge in [-0.15, -0.1) is 5.10 Å². The van der Waals surface area contributed by atoms with Gasteiger partial charge in [0, 0.05) is 12.5 Å². The molecule has 2 heterocycles. The third-order valence-electron chi connectivity index (χ3n) is 5.88. The normalized spacial score (nSPS) is 23.9. The van der Waals surface area contributed by atoms with Crippen molar-refractivity contribution in [2.24, 2.45) is 0 Å². The van der Waals surface area contributed by atoms with E-state index in [2.05, 4.69) is 15.6 Å². The van der Waals surface area contributed by atoms with Crippen LogP contribution in [0.1, 0.15) is 53.8 Å². The lowest BCUT2D eigenvalue weighted by Crippen LogP contribution is -2.47. The van der Waals surface area contributed by atoms with E-state index >= 15 is 0 Å². The molecule has 6 nitrogen and oxygen atoms in total. The summed E-state index contributed by atoms with van der Waals surface area (Å²) in [5.41, 5.74) is 0.942. The highest BCUT2D eigenvalue weighted by Gasteiger charge is 2.41. The number of hydrogen-bond donors (Lipinski definition) is 3. The summed E-state index contributed by atoms with van der Waals surface area (Å²) in [6, 6.07) is 11.9. The third kappa shape index (κ3) is 4.85. The molecule has 1 aliphatic heterocycles. The number of benzene rings is 2. The Bertz CT molecular complexity index is 1050. The lowest BCUT2D eigenvalue weighted by molar-refractivity contribution is -0.137. The fourth-order valence-corrected chi connectivity index (χ4v) is 4.27. The van der Waals surface area contributed by atoms with Crippen LogP contribution >= 0.6 is 0 Å². The minimum absolute atomic E-state index is 0.0128. The number of aromatic nitrogens is 3. The average molecular weight is 446 g/mol. The molecule has 1 unspecified atom stereocenters. The molecular weight excluding hydrogens is 421 g/mol. The first-order valence-electron chi connectivity index (χ1n) is 10.4. The Morgan fingerprint density at radius 3 is 2.34 bits per heavy atom. The van der Waals surface area contributed by atoms with Gasteiger partial charge in [0.1, 0.15) is 0 Å². The first-order chi connectivity index (χ1) is 15.2. The van der Waals surface area contributed by atoms with Gasteiger partial charge in [-0.1, -0.05) is 41.6 Å². The van der Waals surface area contributed by atoms with E-state index in [1.165, 1.54) is 12.1 Å². The maximum atomic E-state index is 12.9. The number of alkyl halides is 3. The standard InChI is InChI=1S/C23H25F3N4O2/c1-15-10-22(32,18-6-8-19(9-7-18)23(24,25)26)11-20(27-15)21-13-30(29-28-21)12-16-2-4-17(14-31)5-3-16/h2-9,13,15,20,27,31-32H,10-12,14H2,1H3/t15-,20-,22?/m0/s1. The predicted octanol–water partition coefficient (Wildman–Crippen LogP) is 3.54. The van der Waals surface area contributed by atoms with E-state index in [9.17, 15) is 18.3 Å². The highest BCUT2D eigenvalue weighted by Crippen LogP contribution is 2.40. The van der Waals surface area contributed by atoms with Gasteiger partial charge >= 0.3 is 6.18 Å². The SMILES string of the molecule is C[C@H]1CC(O)(c2ccc(C(F)(F)F)cc2)C[C@@H](c2cn(Cc3ccc(CO)cc3)nn2)N1. The zero-order valence-corrected chi connectivity index (χ0v) is 17.5. The van der Waals surface area contributed by atoms with E-state index < -0.39 is 17.3 Å². The molecule has 0 aliphatic carbocycles. The highest BCUT2D eigenvalue weighted by molar-refractivity contribution is 5.30. The number of aliphatic hydroxyl groups is 2. The summed E-state index contributed by atoms with van der Waals surface area (Å²) in [5, 5.41) is 32.3. The Balaban J connectivity index is 1.50. The van der Waals surface area contributed by atoms with Gasteiger partial charge in [0.05, 0.1) is 42.2 Å². The molecule has 1 aliphatic rings. The van der Waals surface area contributed by atoms with Crippen LogP contribution in [0, 0.1) is 0 Å². The smallest absolute Gasteiger partial charge is 0.392 e. The maximum Gasteiger partial charge on any atom is 0.416 e. The zero-order valence-electron chi connectivity index (χ0n) is 17.5. The van der Waals surface area contributed by atoms with Crippen LogP contribution in [0.4, 0.5) is 13.2 Å². The number of rotatable bonds is 5. The summed E-state index contributed by atoms with van der Waals surface area (Å²) in [5.74, 6) is 0. The van der Waals surface area contributed by atoms with Crippen molar-refractivity contribution in [3.8, 4) is 0 Å². The van der Waals surface area contributed by atoms with Crippen LogP contribution in [-0.2, 0) is 24.9 Å². The Kier molecular flexibility index (Phi) is 6.07. The van der Waals surface area contributed by atoms with Crippen LogP contribution in [0.15, 0.2) is 54.7 Å². The predicted molar refractivity (Wildman–Crippen MR) is 111 cm³/mol. The van der Waals surface area contributed by atoms with Gasteiger partial charge in [-0.05, 0) is 42.2 Å². The number of hydrogen-bond acceptors (Lipinski definition) is 5. The number of halogens is 3. The number of nitrogens with one attached hydrogen (secondary N) is 1. The number of piperidine rings is 1.